The molecule has 1 aliphatic heterocycles. The number of halogens is 1. The van der Waals surface area contributed by atoms with Crippen molar-refractivity contribution in [3.63, 3.8) is 0 Å². The van der Waals surface area contributed by atoms with Crippen molar-refractivity contribution in [2.24, 2.45) is 0 Å². The summed E-state index contributed by atoms with van der Waals surface area (Å²) in [5, 5.41) is 12.5. The third-order valence-electron chi connectivity index (χ3n) is 5.88. The number of hydrogen-bond acceptors (Lipinski definition) is 6. The van der Waals surface area contributed by atoms with Crippen LogP contribution in [0.2, 0.25) is 0 Å². The molecule has 7 nitrogen and oxygen atoms in total. The maximum Gasteiger partial charge on any atom is 0.230 e. The highest BCUT2D eigenvalue weighted by molar-refractivity contribution is 7.99. The van der Waals surface area contributed by atoms with E-state index in [1.807, 2.05) is 36.6 Å². The Bertz CT molecular complexity index is 1100. The van der Waals surface area contributed by atoms with Crippen molar-refractivity contribution in [1.29, 1.82) is 0 Å². The lowest BCUT2D eigenvalue weighted by Gasteiger charge is -2.35. The minimum atomic E-state index is -0.269. The number of rotatable bonds is 9. The fraction of sp³-hybridized carbons (Fsp3) is 0.400. The molecule has 1 aliphatic rings. The van der Waals surface area contributed by atoms with Crippen LogP contribution in [0.3, 0.4) is 0 Å². The van der Waals surface area contributed by atoms with E-state index >= 15 is 0 Å². The molecular formula is C25H30FN5O2S. The van der Waals surface area contributed by atoms with Gasteiger partial charge in [-0.2, -0.15) is 0 Å². The van der Waals surface area contributed by atoms with Gasteiger partial charge in [0.25, 0.3) is 0 Å². The molecular weight excluding hydrogens is 453 g/mol. The number of carbonyl (C=O) groups is 1. The van der Waals surface area contributed by atoms with Gasteiger partial charge in [0.15, 0.2) is 11.0 Å². The molecule has 3 aromatic rings. The van der Waals surface area contributed by atoms with Crippen molar-refractivity contribution >= 4 is 17.7 Å². The number of nitrogens with one attached hydrogen (secondary N) is 1. The van der Waals surface area contributed by atoms with E-state index in [-0.39, 0.29) is 23.5 Å². The van der Waals surface area contributed by atoms with Crippen molar-refractivity contribution < 1.29 is 13.9 Å². The molecule has 9 heteroatoms. The highest BCUT2D eigenvalue weighted by atomic mass is 32.2. The summed E-state index contributed by atoms with van der Waals surface area (Å²) in [4.78, 5) is 15.0. The standard InChI is InChI=1S/C25H30FN5O2S/c1-3-31-24(20-6-4-5-18(2)15-20)28-29-25(31)34-17-23(32)27-16-22(30-11-13-33-14-12-30)19-7-9-21(26)10-8-19/h4-10,15,22H,3,11-14,16-17H2,1-2H3,(H,27,32). The van der Waals surface area contributed by atoms with Gasteiger partial charge in [-0.1, -0.05) is 47.7 Å². The van der Waals surface area contributed by atoms with Gasteiger partial charge in [0.05, 0.1) is 25.0 Å². The lowest BCUT2D eigenvalue weighted by atomic mass is 10.0. The van der Waals surface area contributed by atoms with E-state index in [1.54, 1.807) is 12.1 Å². The van der Waals surface area contributed by atoms with Crippen LogP contribution in [-0.2, 0) is 16.1 Å². The van der Waals surface area contributed by atoms with Gasteiger partial charge in [0, 0.05) is 31.7 Å². The Balaban J connectivity index is 1.38. The first-order valence-electron chi connectivity index (χ1n) is 11.5. The Morgan fingerprint density at radius 3 is 2.65 bits per heavy atom. The number of thioether (sulfide) groups is 1. The van der Waals surface area contributed by atoms with Crippen LogP contribution >= 0.6 is 11.8 Å². The molecule has 4 rings (SSSR count). The Hall–Kier alpha value is -2.75. The van der Waals surface area contributed by atoms with E-state index in [9.17, 15) is 9.18 Å². The summed E-state index contributed by atoms with van der Waals surface area (Å²) in [7, 11) is 0. The molecule has 0 saturated carbocycles. The number of benzene rings is 2. The average Bonchev–Trinajstić information content (AvgIpc) is 3.27. The quantitative estimate of drug-likeness (QED) is 0.468. The van der Waals surface area contributed by atoms with E-state index in [1.165, 1.54) is 23.9 Å². The SMILES string of the molecule is CCn1c(SCC(=O)NCC(c2ccc(F)cc2)N2CCOCC2)nnc1-c1cccc(C)c1. The van der Waals surface area contributed by atoms with Crippen molar-refractivity contribution in [3.8, 4) is 11.4 Å². The molecule has 1 atom stereocenters. The first kappa shape index (κ1) is 24.4. The van der Waals surface area contributed by atoms with Crippen molar-refractivity contribution in [2.45, 2.75) is 31.6 Å². The summed E-state index contributed by atoms with van der Waals surface area (Å²) in [5.41, 5.74) is 3.15. The zero-order valence-corrected chi connectivity index (χ0v) is 20.4. The van der Waals surface area contributed by atoms with Gasteiger partial charge in [-0.3, -0.25) is 9.69 Å². The van der Waals surface area contributed by atoms with Crippen LogP contribution in [0.5, 0.6) is 0 Å². The fourth-order valence-electron chi connectivity index (χ4n) is 4.10. The number of morpholine rings is 1. The zero-order chi connectivity index (χ0) is 23.9. The normalized spacial score (nSPS) is 15.3. The van der Waals surface area contributed by atoms with Gasteiger partial charge in [0.2, 0.25) is 5.91 Å². The third-order valence-corrected chi connectivity index (χ3v) is 6.84. The first-order chi connectivity index (χ1) is 16.5. The number of ether oxygens (including phenoxy) is 1. The Kier molecular flexibility index (Phi) is 8.31. The van der Waals surface area contributed by atoms with Crippen LogP contribution in [0, 0.1) is 12.7 Å². The third kappa shape index (κ3) is 6.02. The Labute approximate surface area is 203 Å². The van der Waals surface area contributed by atoms with Crippen LogP contribution in [0.15, 0.2) is 53.7 Å². The molecule has 0 spiro atoms. The number of hydrogen-bond donors (Lipinski definition) is 1. The monoisotopic (exact) mass is 483 g/mol. The van der Waals surface area contributed by atoms with Crippen molar-refractivity contribution in [2.75, 3.05) is 38.6 Å². The minimum Gasteiger partial charge on any atom is -0.379 e. The van der Waals surface area contributed by atoms with Gasteiger partial charge >= 0.3 is 0 Å². The van der Waals surface area contributed by atoms with Crippen LogP contribution < -0.4 is 5.32 Å². The molecule has 1 unspecified atom stereocenters. The second-order valence-corrected chi connectivity index (χ2v) is 9.17. The van der Waals surface area contributed by atoms with E-state index in [4.69, 9.17) is 4.74 Å². The number of amides is 1. The maximum atomic E-state index is 13.4. The molecule has 0 aliphatic carbocycles. The first-order valence-corrected chi connectivity index (χ1v) is 12.5. The van der Waals surface area contributed by atoms with Crippen LogP contribution in [0.1, 0.15) is 24.1 Å². The van der Waals surface area contributed by atoms with Crippen LogP contribution in [-0.4, -0.2) is 64.2 Å². The lowest BCUT2D eigenvalue weighted by molar-refractivity contribution is -0.118. The molecule has 1 amide bonds. The summed E-state index contributed by atoms with van der Waals surface area (Å²) >= 11 is 1.38. The molecule has 180 valence electrons. The molecule has 1 N–H and O–H groups in total. The molecule has 1 saturated heterocycles. The number of nitrogens with zero attached hydrogens (tertiary/aromatic N) is 4. The van der Waals surface area contributed by atoms with Crippen molar-refractivity contribution in [1.82, 2.24) is 25.0 Å². The van der Waals surface area contributed by atoms with E-state index in [0.29, 0.717) is 26.3 Å². The molecule has 0 radical (unpaired) electrons. The number of aryl methyl sites for hydroxylation is 1. The summed E-state index contributed by atoms with van der Waals surface area (Å²) in [6.07, 6.45) is 0. The summed E-state index contributed by atoms with van der Waals surface area (Å²) in [5.74, 6) is 0.700. The van der Waals surface area contributed by atoms with Gasteiger partial charge in [-0.15, -0.1) is 10.2 Å². The lowest BCUT2D eigenvalue weighted by Crippen LogP contribution is -2.44. The van der Waals surface area contributed by atoms with Crippen LogP contribution in [0.4, 0.5) is 4.39 Å². The predicted molar refractivity (Wildman–Crippen MR) is 131 cm³/mol. The minimum absolute atomic E-state index is 0.0364. The van der Waals surface area contributed by atoms with Crippen LogP contribution in [0.25, 0.3) is 11.4 Å². The molecule has 1 aromatic heterocycles. The van der Waals surface area contributed by atoms with E-state index in [2.05, 4.69) is 26.5 Å². The molecule has 34 heavy (non-hydrogen) atoms. The molecule has 0 bridgehead atoms. The summed E-state index contributed by atoms with van der Waals surface area (Å²) in [6.45, 7) is 8.09. The highest BCUT2D eigenvalue weighted by Gasteiger charge is 2.23. The molecule has 2 heterocycles. The van der Waals surface area contributed by atoms with Gasteiger partial charge < -0.3 is 14.6 Å². The number of aromatic nitrogens is 3. The van der Waals surface area contributed by atoms with E-state index in [0.717, 1.165) is 40.8 Å². The second-order valence-electron chi connectivity index (χ2n) is 8.23. The zero-order valence-electron chi connectivity index (χ0n) is 19.5. The largest absolute Gasteiger partial charge is 0.379 e. The second kappa shape index (κ2) is 11.6. The summed E-state index contributed by atoms with van der Waals surface area (Å²) in [6, 6.07) is 14.6. The Morgan fingerprint density at radius 2 is 1.94 bits per heavy atom. The molecule has 2 aromatic carbocycles. The van der Waals surface area contributed by atoms with E-state index < -0.39 is 0 Å². The maximum absolute atomic E-state index is 13.4. The smallest absolute Gasteiger partial charge is 0.230 e. The van der Waals surface area contributed by atoms with Gasteiger partial charge in [-0.25, -0.2) is 4.39 Å². The predicted octanol–water partition coefficient (Wildman–Crippen LogP) is 3.69. The van der Waals surface area contributed by atoms with Crippen molar-refractivity contribution in [3.05, 3.63) is 65.5 Å². The summed E-state index contributed by atoms with van der Waals surface area (Å²) < 4.78 is 20.9. The average molecular weight is 484 g/mol. The number of carbonyl (C=O) groups excluding carboxylic acids is 1. The van der Waals surface area contributed by atoms with Gasteiger partial charge in [0.1, 0.15) is 5.82 Å². The van der Waals surface area contributed by atoms with Gasteiger partial charge in [-0.05, 0) is 37.6 Å². The highest BCUT2D eigenvalue weighted by Crippen LogP contribution is 2.25. The Morgan fingerprint density at radius 1 is 1.18 bits per heavy atom. The topological polar surface area (TPSA) is 72.3 Å². The fourth-order valence-corrected chi connectivity index (χ4v) is 4.93. The molecule has 1 fully saturated rings.